The molecule has 4 heteroatoms. The average Bonchev–Trinajstić information content (AvgIpc) is 3.85. The van der Waals surface area contributed by atoms with E-state index in [1.807, 2.05) is 18.2 Å². The minimum Gasteiger partial charge on any atom is -0.456 e. The van der Waals surface area contributed by atoms with E-state index >= 15 is 0 Å². The number of fused-ring (bicyclic) bond motifs is 12. The van der Waals surface area contributed by atoms with Crippen LogP contribution in [0.1, 0.15) is 42.5 Å². The molecule has 0 spiro atoms. The predicted molar refractivity (Wildman–Crippen MR) is 264 cm³/mol. The topological polar surface area (TPSA) is 51.8 Å². The second-order valence-electron chi connectivity index (χ2n) is 17.8. The number of nitrogens with zero attached hydrogens (tertiary/aromatic N) is 3. The van der Waals surface area contributed by atoms with Crippen molar-refractivity contribution >= 4 is 49.6 Å². The Hall–Kier alpha value is -7.95. The lowest BCUT2D eigenvalue weighted by Crippen LogP contribution is -2.17. The highest BCUT2D eigenvalue weighted by Crippen LogP contribution is 2.52. The molecule has 9 aromatic carbocycles. The summed E-state index contributed by atoms with van der Waals surface area (Å²) in [5.41, 5.74) is 16.8. The highest BCUT2D eigenvalue weighted by Gasteiger charge is 2.38. The van der Waals surface area contributed by atoms with Crippen molar-refractivity contribution in [2.24, 2.45) is 0 Å². The van der Waals surface area contributed by atoms with Gasteiger partial charge in [-0.3, -0.25) is 0 Å². The van der Waals surface area contributed by atoms with Gasteiger partial charge in [-0.2, -0.15) is 0 Å². The first-order valence-electron chi connectivity index (χ1n) is 22.2. The van der Waals surface area contributed by atoms with Crippen LogP contribution in [0.15, 0.2) is 186 Å². The van der Waals surface area contributed by atoms with Gasteiger partial charge >= 0.3 is 0 Å². The van der Waals surface area contributed by atoms with Crippen LogP contribution in [0.25, 0.3) is 117 Å². The Labute approximate surface area is 371 Å². The molecule has 4 nitrogen and oxygen atoms in total. The Balaban J connectivity index is 0.949. The number of furan rings is 1. The molecule has 11 aromatic rings. The van der Waals surface area contributed by atoms with E-state index in [9.17, 15) is 0 Å². The number of hydrogen-bond acceptors (Lipinski definition) is 4. The van der Waals surface area contributed by atoms with Crippen LogP contribution in [0.2, 0.25) is 0 Å². The van der Waals surface area contributed by atoms with Crippen LogP contribution in [0, 0.1) is 0 Å². The molecule has 0 N–H and O–H groups in total. The van der Waals surface area contributed by atoms with E-state index in [1.165, 1.54) is 60.5 Å². The maximum Gasteiger partial charge on any atom is 0.164 e. The molecular formula is C60H41N3O. The van der Waals surface area contributed by atoms with E-state index in [0.717, 1.165) is 68.2 Å². The zero-order chi connectivity index (χ0) is 42.5. The molecule has 0 bridgehead atoms. The van der Waals surface area contributed by atoms with Crippen LogP contribution < -0.4 is 0 Å². The molecule has 2 heterocycles. The Bertz CT molecular complexity index is 3760. The van der Waals surface area contributed by atoms with E-state index in [1.54, 1.807) is 0 Å². The van der Waals surface area contributed by atoms with Gasteiger partial charge in [-0.25, -0.2) is 15.0 Å². The van der Waals surface area contributed by atoms with E-state index in [-0.39, 0.29) is 5.41 Å². The van der Waals surface area contributed by atoms with Crippen molar-refractivity contribution in [2.75, 3.05) is 0 Å². The number of hydrogen-bond donors (Lipinski definition) is 0. The Morgan fingerprint density at radius 2 is 1.09 bits per heavy atom. The van der Waals surface area contributed by atoms with E-state index in [4.69, 9.17) is 19.4 Å². The van der Waals surface area contributed by atoms with Crippen molar-refractivity contribution < 1.29 is 4.42 Å². The third-order valence-corrected chi connectivity index (χ3v) is 13.8. The molecule has 0 fully saturated rings. The summed E-state index contributed by atoms with van der Waals surface area (Å²) >= 11 is 0. The maximum absolute atomic E-state index is 6.58. The number of rotatable bonds is 5. The molecule has 0 unspecified atom stereocenters. The highest BCUT2D eigenvalue weighted by molar-refractivity contribution is 6.16. The first-order valence-corrected chi connectivity index (χ1v) is 22.2. The molecule has 13 rings (SSSR count). The maximum atomic E-state index is 6.58. The molecule has 0 saturated heterocycles. The molecule has 2 aliphatic carbocycles. The van der Waals surface area contributed by atoms with Gasteiger partial charge in [-0.15, -0.1) is 0 Å². The van der Waals surface area contributed by atoms with Crippen LogP contribution in [-0.4, -0.2) is 15.0 Å². The van der Waals surface area contributed by atoms with Gasteiger partial charge in [0.1, 0.15) is 11.2 Å². The highest BCUT2D eigenvalue weighted by atomic mass is 16.3. The summed E-state index contributed by atoms with van der Waals surface area (Å²) in [6.45, 7) is 4.61. The lowest BCUT2D eigenvalue weighted by molar-refractivity contribution is 0.661. The summed E-state index contributed by atoms with van der Waals surface area (Å²) in [4.78, 5) is 15.7. The normalized spacial score (nSPS) is 13.7. The average molecular weight is 820 g/mol. The molecule has 2 aliphatic rings. The lowest BCUT2D eigenvalue weighted by atomic mass is 9.80. The third kappa shape index (κ3) is 5.58. The lowest BCUT2D eigenvalue weighted by Gasteiger charge is -2.24. The molecule has 0 aliphatic heterocycles. The molecule has 2 aromatic heterocycles. The zero-order valence-corrected chi connectivity index (χ0v) is 35.6. The van der Waals surface area contributed by atoms with Crippen molar-refractivity contribution in [3.05, 3.63) is 204 Å². The summed E-state index contributed by atoms with van der Waals surface area (Å²) in [6, 6.07) is 63.0. The fraction of sp³-hybridized carbons (Fsp3) is 0.0833. The van der Waals surface area contributed by atoms with Crippen molar-refractivity contribution in [2.45, 2.75) is 32.1 Å². The minimum atomic E-state index is -0.228. The summed E-state index contributed by atoms with van der Waals surface area (Å²) in [5.74, 6) is 1.94. The van der Waals surface area contributed by atoms with Crippen LogP contribution in [0.4, 0.5) is 0 Å². The number of aryl methyl sites for hydroxylation is 1. The van der Waals surface area contributed by atoms with Crippen molar-refractivity contribution in [1.82, 2.24) is 15.0 Å². The van der Waals surface area contributed by atoms with E-state index in [2.05, 4.69) is 184 Å². The molecule has 64 heavy (non-hydrogen) atoms. The summed E-state index contributed by atoms with van der Waals surface area (Å²) in [6.07, 6.45) is 6.77. The van der Waals surface area contributed by atoms with Gasteiger partial charge in [-0.05, 0) is 120 Å². The Kier molecular flexibility index (Phi) is 8.04. The standard InChI is InChI=1S/C60H41N3O/c1-60(2)52-27-11-10-23-47(52)48-25-13-26-49(56(48)60)59-62-57(36-15-4-3-5-16-36)61-58(63-59)40-18-12-17-39(33-40)41-24-14-28-54-55(41)51-35-38(30-32-53(51)64-54)37-29-31-46-44-21-7-6-19-42(44)43-20-8-9-22-45(43)50(46)34-37/h3-6,8-20,22-35H,7,21H2,1-2H3. The first kappa shape index (κ1) is 36.7. The third-order valence-electron chi connectivity index (χ3n) is 13.8. The van der Waals surface area contributed by atoms with Gasteiger partial charge in [0.2, 0.25) is 0 Å². The number of allylic oxidation sites excluding steroid dienone is 1. The van der Waals surface area contributed by atoms with Crippen LogP contribution in [0.3, 0.4) is 0 Å². The number of aromatic nitrogens is 3. The quantitative estimate of drug-likeness (QED) is 0.162. The second-order valence-corrected chi connectivity index (χ2v) is 17.8. The number of benzene rings is 9. The zero-order valence-electron chi connectivity index (χ0n) is 35.6. The van der Waals surface area contributed by atoms with E-state index in [0.29, 0.717) is 17.5 Å². The van der Waals surface area contributed by atoms with Crippen LogP contribution >= 0.6 is 0 Å². The van der Waals surface area contributed by atoms with Gasteiger partial charge in [0.25, 0.3) is 0 Å². The van der Waals surface area contributed by atoms with Gasteiger partial charge in [0, 0.05) is 32.9 Å². The van der Waals surface area contributed by atoms with Crippen molar-refractivity contribution in [3.63, 3.8) is 0 Å². The van der Waals surface area contributed by atoms with Crippen LogP contribution in [-0.2, 0) is 11.8 Å². The van der Waals surface area contributed by atoms with Gasteiger partial charge in [0.15, 0.2) is 17.5 Å². The SMILES string of the molecule is CC1(C)c2ccccc2-c2cccc(-c3nc(-c4ccccc4)nc(-c4cccc(-c5cccc6oc7ccc(-c8ccc9c%10c(c%11ccccc%11c9c8)C=CCC%10)cc7c56)c4)n3)c21. The predicted octanol–water partition coefficient (Wildman–Crippen LogP) is 15.7. The molecular weight excluding hydrogens is 779 g/mol. The van der Waals surface area contributed by atoms with Crippen LogP contribution in [0.5, 0.6) is 0 Å². The van der Waals surface area contributed by atoms with Gasteiger partial charge < -0.3 is 4.42 Å². The van der Waals surface area contributed by atoms with E-state index < -0.39 is 0 Å². The molecule has 0 saturated carbocycles. The van der Waals surface area contributed by atoms with Crippen molar-refractivity contribution in [1.29, 1.82) is 0 Å². The fourth-order valence-electron chi connectivity index (χ4n) is 10.8. The fourth-order valence-corrected chi connectivity index (χ4v) is 10.8. The Morgan fingerprint density at radius 1 is 0.438 bits per heavy atom. The monoisotopic (exact) mass is 819 g/mol. The molecule has 302 valence electrons. The summed E-state index contributed by atoms with van der Waals surface area (Å²) in [7, 11) is 0. The Morgan fingerprint density at radius 3 is 1.98 bits per heavy atom. The van der Waals surface area contributed by atoms with Gasteiger partial charge in [0.05, 0.1) is 0 Å². The molecule has 0 atom stereocenters. The summed E-state index contributed by atoms with van der Waals surface area (Å²) < 4.78 is 6.58. The largest absolute Gasteiger partial charge is 0.456 e. The molecule has 0 amide bonds. The smallest absolute Gasteiger partial charge is 0.164 e. The minimum absolute atomic E-state index is 0.228. The second kappa shape index (κ2) is 14.0. The first-order chi connectivity index (χ1) is 31.5. The van der Waals surface area contributed by atoms with Crippen molar-refractivity contribution in [3.8, 4) is 67.5 Å². The molecule has 0 radical (unpaired) electrons. The summed E-state index contributed by atoms with van der Waals surface area (Å²) in [5, 5.41) is 7.45. The van der Waals surface area contributed by atoms with Gasteiger partial charge in [-0.1, -0.05) is 172 Å².